The minimum absolute atomic E-state index is 0.0633. The van der Waals surface area contributed by atoms with Crippen LogP contribution in [-0.2, 0) is 36.7 Å². The number of nitrogen functional groups attached to an aromatic ring is 2. The summed E-state index contributed by atoms with van der Waals surface area (Å²) in [7, 11) is 2.69. The van der Waals surface area contributed by atoms with Gasteiger partial charge in [0.05, 0.1) is 25.9 Å². The van der Waals surface area contributed by atoms with Crippen molar-refractivity contribution in [2.75, 3.05) is 24.7 Å². The van der Waals surface area contributed by atoms with Crippen molar-refractivity contribution in [1.82, 2.24) is 39.0 Å². The summed E-state index contributed by atoms with van der Waals surface area (Å²) in [5.41, 5.74) is 11.1. The standard InChI is InChI=1S/C20H22B2N10O11P2/c21-44(36)38-1-6-10(33)13(19(40-6)32-5-28-9-16(32)29-20(24)30-17(9)35)43-45(22,37)39-2-7-12(42-44)11(34)18(41-7)31-4-27-8-14(23)25-3-26-15(8)31/h3-7,10-13,18-19,33-34H,1-2H2,(H2,23,25,26)(H3,24,29,30,35)/t6-,7-,10?,11+,12?,13+,18-,19-,44?,45?/m1/s1. The summed E-state index contributed by atoms with van der Waals surface area (Å²) in [4.78, 5) is 34.8. The number of aromatic amines is 1. The average molecular weight is 662 g/mol. The lowest BCUT2D eigenvalue weighted by Gasteiger charge is -2.28. The van der Waals surface area contributed by atoms with Gasteiger partial charge in [0.15, 0.2) is 35.1 Å². The Balaban J connectivity index is 1.21. The molecule has 4 unspecified atom stereocenters. The van der Waals surface area contributed by atoms with Crippen LogP contribution < -0.4 is 17.0 Å². The molecule has 4 aromatic heterocycles. The molecule has 234 valence electrons. The largest absolute Gasteiger partial charge is 0.387 e. The van der Waals surface area contributed by atoms with E-state index in [4.69, 9.17) is 54.2 Å². The highest BCUT2D eigenvalue weighted by molar-refractivity contribution is 7.79. The fourth-order valence-electron chi connectivity index (χ4n) is 5.35. The van der Waals surface area contributed by atoms with Gasteiger partial charge in [-0.25, -0.2) is 19.9 Å². The molecule has 3 aliphatic heterocycles. The predicted molar refractivity (Wildman–Crippen MR) is 151 cm³/mol. The number of aliphatic hydroxyl groups excluding tert-OH is 2. The number of H-pyrrole nitrogens is 1. The number of aliphatic hydroxyl groups is 2. The number of nitrogens with zero attached hydrogens (tertiary/aromatic N) is 7. The van der Waals surface area contributed by atoms with Crippen LogP contribution >= 0.6 is 14.9 Å². The first kappa shape index (κ1) is 30.4. The van der Waals surface area contributed by atoms with Gasteiger partial charge in [-0.3, -0.25) is 28.0 Å². The molecule has 4 radical (unpaired) electrons. The summed E-state index contributed by atoms with van der Waals surface area (Å²) in [6.45, 7) is -1.31. The number of ether oxygens (including phenoxy) is 2. The van der Waals surface area contributed by atoms with E-state index in [1.54, 1.807) is 0 Å². The van der Waals surface area contributed by atoms with E-state index in [1.807, 2.05) is 0 Å². The summed E-state index contributed by atoms with van der Waals surface area (Å²) in [5.74, 6) is -0.172. The summed E-state index contributed by atoms with van der Waals surface area (Å²) in [5, 5.41) is 22.3. The molecule has 0 amide bonds. The lowest BCUT2D eigenvalue weighted by atomic mass is 10.1. The van der Waals surface area contributed by atoms with Crippen molar-refractivity contribution in [3.8, 4) is 0 Å². The van der Waals surface area contributed by atoms with Crippen LogP contribution in [0.5, 0.6) is 0 Å². The summed E-state index contributed by atoms with van der Waals surface area (Å²) >= 11 is 0. The molecule has 2 bridgehead atoms. The minimum atomic E-state index is -4.58. The van der Waals surface area contributed by atoms with Crippen LogP contribution in [0.4, 0.5) is 11.8 Å². The Morgan fingerprint density at radius 1 is 0.844 bits per heavy atom. The minimum Gasteiger partial charge on any atom is -0.387 e. The fraction of sp³-hybridized carbons (Fsp3) is 0.500. The first-order valence-corrected chi connectivity index (χ1v) is 16.3. The Morgan fingerprint density at radius 2 is 1.47 bits per heavy atom. The van der Waals surface area contributed by atoms with Crippen LogP contribution in [-0.4, -0.2) is 114 Å². The van der Waals surface area contributed by atoms with Gasteiger partial charge in [-0.1, -0.05) is 0 Å². The van der Waals surface area contributed by atoms with E-state index in [-0.39, 0.29) is 34.1 Å². The zero-order valence-corrected chi connectivity index (χ0v) is 24.5. The second-order valence-corrected chi connectivity index (χ2v) is 13.4. The van der Waals surface area contributed by atoms with Crippen molar-refractivity contribution in [3.05, 3.63) is 29.3 Å². The number of imidazole rings is 2. The summed E-state index contributed by atoms with van der Waals surface area (Å²) in [6.07, 6.45) is -7.94. The molecule has 3 aliphatic rings. The number of nitrogens with one attached hydrogen (secondary N) is 1. The molecule has 3 saturated heterocycles. The van der Waals surface area contributed by atoms with Gasteiger partial charge < -0.3 is 49.2 Å². The van der Waals surface area contributed by atoms with Crippen molar-refractivity contribution in [3.63, 3.8) is 0 Å². The van der Waals surface area contributed by atoms with Gasteiger partial charge in [0.1, 0.15) is 48.5 Å². The highest BCUT2D eigenvalue weighted by atomic mass is 31.2. The van der Waals surface area contributed by atoms with E-state index in [9.17, 15) is 24.1 Å². The molecule has 0 spiro atoms. The molecule has 21 nitrogen and oxygen atoms in total. The van der Waals surface area contributed by atoms with Crippen LogP contribution in [0, 0.1) is 0 Å². The van der Waals surface area contributed by atoms with Gasteiger partial charge in [0.25, 0.3) is 20.5 Å². The van der Waals surface area contributed by atoms with E-state index in [1.165, 1.54) is 21.8 Å². The third kappa shape index (κ3) is 5.38. The van der Waals surface area contributed by atoms with Gasteiger partial charge in [-0.05, 0) is 0 Å². The molecule has 3 fully saturated rings. The Bertz CT molecular complexity index is 1940. The van der Waals surface area contributed by atoms with Gasteiger partial charge in [0.2, 0.25) is 21.1 Å². The van der Waals surface area contributed by atoms with Crippen molar-refractivity contribution in [2.45, 2.75) is 49.1 Å². The Kier molecular flexibility index (Phi) is 7.40. The molecular weight excluding hydrogens is 640 g/mol. The highest BCUT2D eigenvalue weighted by Gasteiger charge is 2.52. The summed E-state index contributed by atoms with van der Waals surface area (Å²) in [6, 6.07) is 0. The van der Waals surface area contributed by atoms with Crippen LogP contribution in [0.3, 0.4) is 0 Å². The molecule has 7 rings (SSSR count). The third-order valence-electron chi connectivity index (χ3n) is 7.38. The SMILES string of the molecule is [B]P1(=O)OC[C@H]2O[C@@H](n3cnc4c(=O)[nH]c(N)nc43)[C@@H](OP([B])(=O)OC[C@H]3O[C@@H](n4cnc5c(N)ncnc54)[C@@H](O)C3O1)C2O. The van der Waals surface area contributed by atoms with E-state index >= 15 is 0 Å². The number of aromatic nitrogens is 8. The molecule has 7 N–H and O–H groups in total. The normalized spacial score (nSPS) is 37.6. The molecule has 4 aromatic rings. The van der Waals surface area contributed by atoms with E-state index in [0.29, 0.717) is 0 Å². The third-order valence-corrected chi connectivity index (χ3v) is 9.48. The van der Waals surface area contributed by atoms with Crippen LogP contribution in [0.15, 0.2) is 23.8 Å². The second-order valence-electron chi connectivity index (χ2n) is 10.3. The lowest BCUT2D eigenvalue weighted by molar-refractivity contribution is -0.0578. The number of anilines is 2. The van der Waals surface area contributed by atoms with Crippen LogP contribution in [0.1, 0.15) is 12.5 Å². The Morgan fingerprint density at radius 3 is 2.20 bits per heavy atom. The van der Waals surface area contributed by atoms with Crippen molar-refractivity contribution >= 4 is 64.2 Å². The van der Waals surface area contributed by atoms with Crippen molar-refractivity contribution in [2.24, 2.45) is 0 Å². The maximum absolute atomic E-state index is 13.4. The number of fused-ring (bicyclic) bond motifs is 5. The molecule has 0 aromatic carbocycles. The zero-order chi connectivity index (χ0) is 31.8. The quantitative estimate of drug-likeness (QED) is 0.115. The van der Waals surface area contributed by atoms with Gasteiger partial charge in [0, 0.05) is 0 Å². The van der Waals surface area contributed by atoms with Gasteiger partial charge in [-0.15, -0.1) is 0 Å². The molecule has 0 aliphatic carbocycles. The van der Waals surface area contributed by atoms with Gasteiger partial charge in [-0.2, -0.15) is 4.98 Å². The maximum atomic E-state index is 13.4. The lowest BCUT2D eigenvalue weighted by Crippen LogP contribution is -2.36. The molecule has 7 heterocycles. The highest BCUT2D eigenvalue weighted by Crippen LogP contribution is 2.53. The molecule has 10 atom stereocenters. The van der Waals surface area contributed by atoms with E-state index < -0.39 is 82.8 Å². The zero-order valence-electron chi connectivity index (χ0n) is 22.7. The molecule has 0 saturated carbocycles. The van der Waals surface area contributed by atoms with Crippen molar-refractivity contribution < 1.29 is 46.9 Å². The second kappa shape index (κ2) is 10.9. The first-order chi connectivity index (χ1) is 21.3. The van der Waals surface area contributed by atoms with Crippen LogP contribution in [0.2, 0.25) is 0 Å². The summed E-state index contributed by atoms with van der Waals surface area (Å²) < 4.78 is 62.9. The smallest absolute Gasteiger partial charge is 0.280 e. The average Bonchev–Trinajstić information content (AvgIpc) is 3.72. The molecule has 45 heavy (non-hydrogen) atoms. The Labute approximate surface area is 253 Å². The molecule has 25 heteroatoms. The van der Waals surface area contributed by atoms with Crippen molar-refractivity contribution in [1.29, 1.82) is 0 Å². The van der Waals surface area contributed by atoms with Gasteiger partial charge >= 0.3 is 0 Å². The number of hydrogen-bond donors (Lipinski definition) is 5. The number of nitrogens with two attached hydrogens (primary N) is 2. The fourth-order valence-corrected chi connectivity index (χ4v) is 7.35. The number of hydrogen-bond acceptors (Lipinski definition) is 18. The monoisotopic (exact) mass is 662 g/mol. The number of rotatable bonds is 2. The predicted octanol–water partition coefficient (Wildman–Crippen LogP) is -1.99. The van der Waals surface area contributed by atoms with Crippen LogP contribution in [0.25, 0.3) is 22.3 Å². The topological polar surface area (TPSA) is 289 Å². The Hall–Kier alpha value is -3.23. The maximum Gasteiger partial charge on any atom is 0.280 e. The molecular formula is C20H22B2N10O11P2. The van der Waals surface area contributed by atoms with E-state index in [2.05, 4.69) is 29.9 Å². The van der Waals surface area contributed by atoms with E-state index in [0.717, 1.165) is 6.33 Å². The first-order valence-electron chi connectivity index (χ1n) is 13.1.